The summed E-state index contributed by atoms with van der Waals surface area (Å²) in [7, 11) is 6.30. The Kier molecular flexibility index (Phi) is 12.2. The largest absolute Gasteiger partial charge is 0.449 e. The lowest BCUT2D eigenvalue weighted by Gasteiger charge is -2.10. The van der Waals surface area contributed by atoms with Crippen LogP contribution in [0.2, 0.25) is 0 Å². The van der Waals surface area contributed by atoms with Gasteiger partial charge in [-0.25, -0.2) is 9.59 Å². The predicted octanol–water partition coefficient (Wildman–Crippen LogP) is 1.68. The second-order valence-corrected chi connectivity index (χ2v) is 7.26. The topological polar surface area (TPSA) is 93.2 Å². The Bertz CT molecular complexity index is 403. The van der Waals surface area contributed by atoms with Crippen molar-refractivity contribution in [1.29, 1.82) is 0 Å². The van der Waals surface area contributed by atoms with Crippen molar-refractivity contribution in [1.82, 2.24) is 9.80 Å². The van der Waals surface area contributed by atoms with Gasteiger partial charge < -0.3 is 19.3 Å². The van der Waals surface area contributed by atoms with Crippen LogP contribution in [0.25, 0.3) is 0 Å². The zero-order chi connectivity index (χ0) is 18.5. The number of ether oxygens (including phenoxy) is 2. The number of rotatable bonds is 9. The van der Waals surface area contributed by atoms with Gasteiger partial charge in [-0.15, -0.1) is 0 Å². The summed E-state index contributed by atoms with van der Waals surface area (Å²) in [6.07, 6.45) is -0.639. The zero-order valence-electron chi connectivity index (χ0n) is 14.4. The molecule has 0 aromatic heterocycles. The molecule has 138 valence electrons. The summed E-state index contributed by atoms with van der Waals surface area (Å²) >= 11 is 2.07. The molecule has 10 heteroatoms. The Morgan fingerprint density at radius 2 is 1.04 bits per heavy atom. The fourth-order valence-corrected chi connectivity index (χ4v) is 2.46. The van der Waals surface area contributed by atoms with E-state index in [0.717, 1.165) is 23.5 Å². The van der Waals surface area contributed by atoms with Crippen LogP contribution in [0.4, 0.5) is 9.59 Å². The van der Waals surface area contributed by atoms with Gasteiger partial charge in [0.05, 0.1) is 0 Å². The molecule has 0 heterocycles. The summed E-state index contributed by atoms with van der Waals surface area (Å²) in [4.78, 5) is 48.1. The van der Waals surface area contributed by atoms with Crippen LogP contribution in [0.1, 0.15) is 12.8 Å². The van der Waals surface area contributed by atoms with E-state index in [0.29, 0.717) is 11.5 Å². The van der Waals surface area contributed by atoms with E-state index in [1.54, 1.807) is 28.2 Å². The highest BCUT2D eigenvalue weighted by Gasteiger charge is 2.10. The van der Waals surface area contributed by atoms with Crippen LogP contribution in [0, 0.1) is 0 Å². The summed E-state index contributed by atoms with van der Waals surface area (Å²) < 4.78 is 9.76. The molecule has 0 atom stereocenters. The average Bonchev–Trinajstić information content (AvgIpc) is 2.52. The van der Waals surface area contributed by atoms with E-state index in [4.69, 9.17) is 9.47 Å². The monoisotopic (exact) mass is 380 g/mol. The van der Waals surface area contributed by atoms with Crippen molar-refractivity contribution in [3.8, 4) is 0 Å². The second-order valence-electron chi connectivity index (χ2n) is 4.96. The highest BCUT2D eigenvalue weighted by atomic mass is 32.2. The molecular formula is C14H24N2O6S2. The number of carbonyl (C=O) groups excluding carboxylic acids is 4. The van der Waals surface area contributed by atoms with Gasteiger partial charge in [-0.3, -0.25) is 9.59 Å². The van der Waals surface area contributed by atoms with Gasteiger partial charge in [-0.2, -0.15) is 0 Å². The van der Waals surface area contributed by atoms with Crippen molar-refractivity contribution >= 4 is 45.9 Å². The Balaban J connectivity index is 3.63. The van der Waals surface area contributed by atoms with Crippen LogP contribution in [0.15, 0.2) is 0 Å². The normalized spacial score (nSPS) is 10.0. The molecular weight excluding hydrogens is 356 g/mol. The van der Waals surface area contributed by atoms with E-state index < -0.39 is 12.2 Å². The van der Waals surface area contributed by atoms with Crippen LogP contribution in [-0.2, 0) is 19.1 Å². The molecule has 0 unspecified atom stereocenters. The summed E-state index contributed by atoms with van der Waals surface area (Å²) in [6.45, 7) is 0.292. The SMILES string of the molecule is CN(C)C(=O)OCCSC(=O)CCC(=O)SCCOC(=O)N(C)C. The molecule has 0 spiro atoms. The molecule has 0 aromatic rings. The summed E-state index contributed by atoms with van der Waals surface area (Å²) in [6, 6.07) is 0. The molecule has 2 amide bonds. The lowest BCUT2D eigenvalue weighted by atomic mass is 10.4. The maximum absolute atomic E-state index is 11.6. The molecule has 0 rings (SSSR count). The van der Waals surface area contributed by atoms with Gasteiger partial charge in [0.25, 0.3) is 0 Å². The number of amides is 2. The molecule has 0 aromatic carbocycles. The minimum atomic E-state index is -0.454. The summed E-state index contributed by atoms with van der Waals surface area (Å²) in [5.41, 5.74) is 0. The molecule has 0 bridgehead atoms. The lowest BCUT2D eigenvalue weighted by molar-refractivity contribution is -0.115. The van der Waals surface area contributed by atoms with Crippen molar-refractivity contribution in [2.75, 3.05) is 52.9 Å². The molecule has 0 saturated carbocycles. The van der Waals surface area contributed by atoms with Crippen LogP contribution in [0.5, 0.6) is 0 Å². The van der Waals surface area contributed by atoms with Gasteiger partial charge >= 0.3 is 12.2 Å². The van der Waals surface area contributed by atoms with Gasteiger partial charge in [-0.05, 0) is 0 Å². The number of thioether (sulfide) groups is 2. The Hall–Kier alpha value is -1.42. The van der Waals surface area contributed by atoms with E-state index in [-0.39, 0.29) is 36.3 Å². The van der Waals surface area contributed by atoms with Crippen LogP contribution in [0.3, 0.4) is 0 Å². The number of hydrogen-bond acceptors (Lipinski definition) is 8. The van der Waals surface area contributed by atoms with Crippen molar-refractivity contribution < 1.29 is 28.7 Å². The van der Waals surface area contributed by atoms with Crippen molar-refractivity contribution in [3.63, 3.8) is 0 Å². The van der Waals surface area contributed by atoms with Crippen molar-refractivity contribution in [2.24, 2.45) is 0 Å². The third-order valence-corrected chi connectivity index (χ3v) is 4.20. The number of hydrogen-bond donors (Lipinski definition) is 0. The third-order valence-electron chi connectivity index (χ3n) is 2.41. The zero-order valence-corrected chi connectivity index (χ0v) is 16.0. The maximum Gasteiger partial charge on any atom is 0.409 e. The molecule has 24 heavy (non-hydrogen) atoms. The Labute approximate surface area is 150 Å². The van der Waals surface area contributed by atoms with Crippen molar-refractivity contribution in [2.45, 2.75) is 12.8 Å². The Morgan fingerprint density at radius 1 is 0.708 bits per heavy atom. The number of carbonyl (C=O) groups is 4. The average molecular weight is 380 g/mol. The molecule has 0 radical (unpaired) electrons. The summed E-state index contributed by atoms with van der Waals surface area (Å²) in [5, 5.41) is -0.243. The van der Waals surface area contributed by atoms with E-state index >= 15 is 0 Å². The molecule has 8 nitrogen and oxygen atoms in total. The predicted molar refractivity (Wildman–Crippen MR) is 94.2 cm³/mol. The fraction of sp³-hybridized carbons (Fsp3) is 0.714. The lowest BCUT2D eigenvalue weighted by Crippen LogP contribution is -2.23. The van der Waals surface area contributed by atoms with E-state index in [2.05, 4.69) is 0 Å². The standard InChI is InChI=1S/C14H24N2O6S2/c1-15(2)13(19)21-7-9-23-11(17)5-6-12(18)24-10-8-22-14(20)16(3)4/h5-10H2,1-4H3. The van der Waals surface area contributed by atoms with Gasteiger partial charge in [0.2, 0.25) is 0 Å². The first-order valence-electron chi connectivity index (χ1n) is 7.23. The van der Waals surface area contributed by atoms with Gasteiger partial charge in [0, 0.05) is 52.5 Å². The molecule has 0 aliphatic carbocycles. The second kappa shape index (κ2) is 12.9. The first-order chi connectivity index (χ1) is 11.2. The van der Waals surface area contributed by atoms with Gasteiger partial charge in [0.1, 0.15) is 13.2 Å². The highest BCUT2D eigenvalue weighted by Crippen LogP contribution is 2.12. The van der Waals surface area contributed by atoms with Gasteiger partial charge in [-0.1, -0.05) is 23.5 Å². The van der Waals surface area contributed by atoms with E-state index in [1.165, 1.54) is 9.80 Å². The molecule has 0 aliphatic heterocycles. The Morgan fingerprint density at radius 3 is 1.33 bits per heavy atom. The third kappa shape index (κ3) is 12.1. The van der Waals surface area contributed by atoms with Crippen LogP contribution < -0.4 is 0 Å². The van der Waals surface area contributed by atoms with E-state index in [9.17, 15) is 19.2 Å². The van der Waals surface area contributed by atoms with Crippen LogP contribution in [-0.4, -0.2) is 85.1 Å². The first-order valence-corrected chi connectivity index (χ1v) is 9.20. The molecule has 0 fully saturated rings. The minimum Gasteiger partial charge on any atom is -0.449 e. The first kappa shape index (κ1) is 22.6. The molecule has 0 aliphatic rings. The highest BCUT2D eigenvalue weighted by molar-refractivity contribution is 8.14. The van der Waals surface area contributed by atoms with E-state index in [1.807, 2.05) is 0 Å². The quantitative estimate of drug-likeness (QED) is 0.558. The maximum atomic E-state index is 11.6. The van der Waals surface area contributed by atoms with Crippen LogP contribution >= 0.6 is 23.5 Å². The van der Waals surface area contributed by atoms with Crippen molar-refractivity contribution in [3.05, 3.63) is 0 Å². The van der Waals surface area contributed by atoms with Gasteiger partial charge in [0.15, 0.2) is 10.2 Å². The minimum absolute atomic E-state index is 0.121. The molecule has 0 saturated heterocycles. The smallest absolute Gasteiger partial charge is 0.409 e. The molecule has 0 N–H and O–H groups in total. The summed E-state index contributed by atoms with van der Waals surface area (Å²) in [5.74, 6) is 0.723. The number of nitrogens with zero attached hydrogens (tertiary/aromatic N) is 2. The fourth-order valence-electron chi connectivity index (χ4n) is 1.18.